The van der Waals surface area contributed by atoms with E-state index in [2.05, 4.69) is 12.1 Å². The van der Waals surface area contributed by atoms with Crippen LogP contribution < -0.4 is 9.47 Å². The smallest absolute Gasteiger partial charge is 0.170 e. The van der Waals surface area contributed by atoms with Crippen LogP contribution in [0.25, 0.3) is 0 Å². The van der Waals surface area contributed by atoms with Crippen LogP contribution in [0.5, 0.6) is 11.5 Å². The van der Waals surface area contributed by atoms with E-state index in [1.165, 1.54) is 4.90 Å². The average Bonchev–Trinajstić information content (AvgIpc) is 2.54. The van der Waals surface area contributed by atoms with Gasteiger partial charge in [-0.25, -0.2) is 0 Å². The van der Waals surface area contributed by atoms with Crippen LogP contribution in [0.4, 0.5) is 0 Å². The van der Waals surface area contributed by atoms with Crippen LogP contribution in [-0.4, -0.2) is 19.1 Å². The summed E-state index contributed by atoms with van der Waals surface area (Å²) in [5.74, 6) is 1.40. The normalized spacial score (nSPS) is 17.0. The maximum absolute atomic E-state index is 12.3. The number of methoxy groups -OCH3 is 1. The molecule has 0 saturated carbocycles. The zero-order chi connectivity index (χ0) is 14.8. The molecule has 21 heavy (non-hydrogen) atoms. The molecule has 0 radical (unpaired) electrons. The van der Waals surface area contributed by atoms with E-state index in [1.807, 2.05) is 24.5 Å². The lowest BCUT2D eigenvalue weighted by Gasteiger charge is -2.26. The maximum Gasteiger partial charge on any atom is 0.170 e. The van der Waals surface area contributed by atoms with Crippen LogP contribution in [0.2, 0.25) is 0 Å². The number of ketones is 1. The Balaban J connectivity index is 1.89. The van der Waals surface area contributed by atoms with Crippen LogP contribution in [0, 0.1) is 0 Å². The molecule has 0 bridgehead atoms. The Morgan fingerprint density at radius 1 is 1.19 bits per heavy atom. The Labute approximate surface area is 128 Å². The SMILES string of the molecule is COc1ccc2c(c1)C(=O)CC(c1ccc(SC)cc1)O2. The van der Waals surface area contributed by atoms with Gasteiger partial charge in [0.1, 0.15) is 17.6 Å². The Kier molecular flexibility index (Phi) is 3.88. The third-order valence-corrected chi connectivity index (χ3v) is 4.36. The number of hydrogen-bond acceptors (Lipinski definition) is 4. The molecular weight excluding hydrogens is 284 g/mol. The molecule has 3 rings (SSSR count). The molecule has 1 aliphatic heterocycles. The monoisotopic (exact) mass is 300 g/mol. The predicted octanol–water partition coefficient (Wildman–Crippen LogP) is 4.12. The third-order valence-electron chi connectivity index (χ3n) is 3.61. The van der Waals surface area contributed by atoms with Crippen molar-refractivity contribution in [3.05, 3.63) is 53.6 Å². The molecule has 0 saturated heterocycles. The van der Waals surface area contributed by atoms with Crippen molar-refractivity contribution in [1.82, 2.24) is 0 Å². The van der Waals surface area contributed by atoms with Crippen LogP contribution >= 0.6 is 11.8 Å². The van der Waals surface area contributed by atoms with Gasteiger partial charge in [-0.15, -0.1) is 11.8 Å². The van der Waals surface area contributed by atoms with E-state index < -0.39 is 0 Å². The molecule has 1 heterocycles. The van der Waals surface area contributed by atoms with Gasteiger partial charge in [-0.2, -0.15) is 0 Å². The Bertz CT molecular complexity index is 664. The summed E-state index contributed by atoms with van der Waals surface area (Å²) >= 11 is 1.70. The first-order valence-electron chi connectivity index (χ1n) is 6.73. The van der Waals surface area contributed by atoms with Gasteiger partial charge in [-0.1, -0.05) is 12.1 Å². The van der Waals surface area contributed by atoms with E-state index in [-0.39, 0.29) is 11.9 Å². The minimum absolute atomic E-state index is 0.0918. The summed E-state index contributed by atoms with van der Waals surface area (Å²) in [5, 5.41) is 0. The molecule has 4 heteroatoms. The lowest BCUT2D eigenvalue weighted by atomic mass is 9.96. The fraction of sp³-hybridized carbons (Fsp3) is 0.235. The first-order valence-corrected chi connectivity index (χ1v) is 7.95. The number of Topliss-reactive ketones (excluding diaryl/α,β-unsaturated/α-hetero) is 1. The van der Waals surface area contributed by atoms with Gasteiger partial charge in [0.2, 0.25) is 0 Å². The van der Waals surface area contributed by atoms with Crippen molar-refractivity contribution >= 4 is 17.5 Å². The molecule has 2 aromatic rings. The highest BCUT2D eigenvalue weighted by Crippen LogP contribution is 2.36. The topological polar surface area (TPSA) is 35.5 Å². The van der Waals surface area contributed by atoms with E-state index in [0.717, 1.165) is 5.56 Å². The summed E-state index contributed by atoms with van der Waals surface area (Å²) in [7, 11) is 1.59. The largest absolute Gasteiger partial charge is 0.497 e. The van der Waals surface area contributed by atoms with Crippen molar-refractivity contribution in [2.45, 2.75) is 17.4 Å². The second kappa shape index (κ2) is 5.82. The van der Waals surface area contributed by atoms with Crippen LogP contribution in [0.3, 0.4) is 0 Å². The van der Waals surface area contributed by atoms with Gasteiger partial charge in [0.25, 0.3) is 0 Å². The summed E-state index contributed by atoms with van der Waals surface area (Å²) in [6, 6.07) is 13.5. The highest BCUT2D eigenvalue weighted by Gasteiger charge is 2.27. The van der Waals surface area contributed by atoms with Crippen LogP contribution in [-0.2, 0) is 0 Å². The summed E-state index contributed by atoms with van der Waals surface area (Å²) in [6.07, 6.45) is 2.19. The lowest BCUT2D eigenvalue weighted by Crippen LogP contribution is -2.20. The lowest BCUT2D eigenvalue weighted by molar-refractivity contribution is 0.0849. The number of fused-ring (bicyclic) bond motifs is 1. The molecule has 1 aliphatic rings. The quantitative estimate of drug-likeness (QED) is 0.799. The molecule has 0 amide bonds. The summed E-state index contributed by atoms with van der Waals surface area (Å²) in [6.45, 7) is 0. The van der Waals surface area contributed by atoms with E-state index in [4.69, 9.17) is 9.47 Å². The summed E-state index contributed by atoms with van der Waals surface area (Å²) < 4.78 is 11.1. The number of carbonyl (C=O) groups is 1. The first kappa shape index (κ1) is 14.0. The molecule has 1 unspecified atom stereocenters. The Hall–Kier alpha value is -1.94. The van der Waals surface area contributed by atoms with Gasteiger partial charge in [0, 0.05) is 4.90 Å². The Morgan fingerprint density at radius 2 is 1.95 bits per heavy atom. The Morgan fingerprint density at radius 3 is 2.62 bits per heavy atom. The van der Waals surface area contributed by atoms with E-state index >= 15 is 0 Å². The van der Waals surface area contributed by atoms with E-state index in [9.17, 15) is 4.79 Å². The molecule has 2 aromatic carbocycles. The molecular formula is C17H16O3S. The molecule has 0 N–H and O–H groups in total. The van der Waals surface area contributed by atoms with Gasteiger partial charge in [0.15, 0.2) is 5.78 Å². The molecule has 3 nitrogen and oxygen atoms in total. The maximum atomic E-state index is 12.3. The van der Waals surface area contributed by atoms with Crippen LogP contribution in [0.15, 0.2) is 47.4 Å². The number of benzene rings is 2. The number of hydrogen-bond donors (Lipinski definition) is 0. The predicted molar refractivity (Wildman–Crippen MR) is 83.5 cm³/mol. The second-order valence-corrected chi connectivity index (χ2v) is 5.75. The van der Waals surface area contributed by atoms with Crippen molar-refractivity contribution in [1.29, 1.82) is 0 Å². The summed E-state index contributed by atoms with van der Waals surface area (Å²) in [4.78, 5) is 13.5. The van der Waals surface area contributed by atoms with Crippen molar-refractivity contribution in [3.63, 3.8) is 0 Å². The number of rotatable bonds is 3. The van der Waals surface area contributed by atoms with Gasteiger partial charge >= 0.3 is 0 Å². The van der Waals surface area contributed by atoms with Gasteiger partial charge in [-0.3, -0.25) is 4.79 Å². The average molecular weight is 300 g/mol. The zero-order valence-electron chi connectivity index (χ0n) is 12.0. The third kappa shape index (κ3) is 2.76. The van der Waals surface area contributed by atoms with Crippen LogP contribution in [0.1, 0.15) is 28.4 Å². The first-order chi connectivity index (χ1) is 10.2. The fourth-order valence-corrected chi connectivity index (χ4v) is 2.84. The number of thioether (sulfide) groups is 1. The highest BCUT2D eigenvalue weighted by molar-refractivity contribution is 7.98. The number of ether oxygens (including phenoxy) is 2. The molecule has 0 aromatic heterocycles. The van der Waals surface area contributed by atoms with E-state index in [1.54, 1.807) is 31.0 Å². The molecule has 108 valence electrons. The van der Waals surface area contributed by atoms with Gasteiger partial charge < -0.3 is 9.47 Å². The molecule has 1 atom stereocenters. The van der Waals surface area contributed by atoms with Gasteiger partial charge in [-0.05, 0) is 42.2 Å². The zero-order valence-corrected chi connectivity index (χ0v) is 12.8. The van der Waals surface area contributed by atoms with Crippen molar-refractivity contribution in [2.24, 2.45) is 0 Å². The van der Waals surface area contributed by atoms with Crippen molar-refractivity contribution in [2.75, 3.05) is 13.4 Å². The fourth-order valence-electron chi connectivity index (χ4n) is 2.43. The molecule has 0 aliphatic carbocycles. The second-order valence-electron chi connectivity index (χ2n) is 4.87. The van der Waals surface area contributed by atoms with Crippen molar-refractivity contribution in [3.8, 4) is 11.5 Å². The van der Waals surface area contributed by atoms with E-state index in [0.29, 0.717) is 23.5 Å². The minimum atomic E-state index is -0.214. The molecule has 0 spiro atoms. The standard InChI is InChI=1S/C17H16O3S/c1-19-12-5-8-16-14(9-12)15(18)10-17(20-16)11-3-6-13(21-2)7-4-11/h3-9,17H,10H2,1-2H3. The highest BCUT2D eigenvalue weighted by atomic mass is 32.2. The van der Waals surface area contributed by atoms with Gasteiger partial charge in [0.05, 0.1) is 19.1 Å². The van der Waals surface area contributed by atoms with Crippen molar-refractivity contribution < 1.29 is 14.3 Å². The number of carbonyl (C=O) groups excluding carboxylic acids is 1. The molecule has 0 fully saturated rings. The summed E-state index contributed by atoms with van der Waals surface area (Å²) in [5.41, 5.74) is 1.63. The minimum Gasteiger partial charge on any atom is -0.497 e.